The largest absolute Gasteiger partial charge is 0.501 e. The molecule has 0 amide bonds. The van der Waals surface area contributed by atoms with Crippen LogP contribution >= 0.6 is 0 Å². The Labute approximate surface area is 350 Å². The van der Waals surface area contributed by atoms with E-state index in [1.165, 1.54) is 17.2 Å². The van der Waals surface area contributed by atoms with Crippen molar-refractivity contribution >= 4 is 44.0 Å². The van der Waals surface area contributed by atoms with Gasteiger partial charge in [0, 0.05) is 52.7 Å². The number of rotatable bonds is 5. The molecule has 0 atom stereocenters. The number of furan rings is 1. The Morgan fingerprint density at radius 3 is 2.18 bits per heavy atom. The SMILES string of the molecule is CC(C)c1cccc(C(C)C)c1-n1c(-c2[c-]ccc3c2oc2ccccc23)nc2nnc3ccccc3c21.[2H]C([2H])([2H])c1c[c-]c(-c2ccc(C(C)(C)C)cn2)c(F)c1.[Ir]. The predicted molar refractivity (Wildman–Crippen MR) is 226 cm³/mol. The van der Waals surface area contributed by atoms with Crippen LogP contribution in [0.1, 0.15) is 86.7 Å². The Balaban J connectivity index is 0.000000212. The zero-order chi connectivity index (χ0) is 41.8. The maximum absolute atomic E-state index is 14.1. The van der Waals surface area contributed by atoms with E-state index in [4.69, 9.17) is 13.5 Å². The molecule has 0 aliphatic heterocycles. The first kappa shape index (κ1) is 35.8. The molecule has 0 aliphatic carbocycles. The van der Waals surface area contributed by atoms with Gasteiger partial charge in [0.15, 0.2) is 5.65 Å². The molecule has 0 unspecified atom stereocenters. The number of aromatic nitrogens is 5. The third-order valence-electron chi connectivity index (χ3n) is 10.2. The molecule has 0 saturated heterocycles. The monoisotopic (exact) mass is 933 g/mol. The summed E-state index contributed by atoms with van der Waals surface area (Å²) >= 11 is 0. The summed E-state index contributed by atoms with van der Waals surface area (Å²) in [4.78, 5) is 9.38. The number of halogens is 1. The van der Waals surface area contributed by atoms with Crippen LogP contribution < -0.4 is 0 Å². The zero-order valence-corrected chi connectivity index (χ0v) is 35.3. The Morgan fingerprint density at radius 2 is 1.51 bits per heavy atom. The van der Waals surface area contributed by atoms with Gasteiger partial charge >= 0.3 is 0 Å². The number of hydrogen-bond acceptors (Lipinski definition) is 5. The molecule has 0 bridgehead atoms. The van der Waals surface area contributed by atoms with Gasteiger partial charge in [-0.05, 0) is 51.8 Å². The van der Waals surface area contributed by atoms with Gasteiger partial charge in [-0.2, -0.15) is 0 Å². The van der Waals surface area contributed by atoms with E-state index < -0.39 is 12.7 Å². The Bertz CT molecular complexity index is 2970. The van der Waals surface area contributed by atoms with Gasteiger partial charge in [-0.3, -0.25) is 9.37 Å². The number of pyridine rings is 1. The van der Waals surface area contributed by atoms with Crippen molar-refractivity contribution in [2.45, 2.75) is 72.6 Å². The van der Waals surface area contributed by atoms with Gasteiger partial charge in [0.25, 0.3) is 0 Å². The second kappa shape index (κ2) is 15.8. The summed E-state index contributed by atoms with van der Waals surface area (Å²) in [5.74, 6) is 0.743. The Morgan fingerprint density at radius 1 is 0.789 bits per heavy atom. The minimum Gasteiger partial charge on any atom is -0.501 e. The molecule has 4 aromatic heterocycles. The molecule has 1 radical (unpaired) electrons. The Kier molecular flexibility index (Phi) is 9.91. The molecule has 8 heteroatoms. The standard InChI is InChI=1S/C33H27N4O.C16H17FN.Ir/c1-19(2)21-13-9-14-22(20(3)4)29(21)37-30-25-12-5-7-17-27(25)35-36-32(30)34-33(37)26-16-10-15-24-23-11-6-8-18-28(23)38-31(24)26;1-11-5-7-13(14(17)9-11)15-8-6-12(10-18-15)16(2,3)4;/h5-15,17-20H,1-4H3;5-6,8-10H,1-4H3;/q2*-1;/i;1D3;. The van der Waals surface area contributed by atoms with Crippen molar-refractivity contribution in [3.8, 4) is 28.3 Å². The summed E-state index contributed by atoms with van der Waals surface area (Å²) in [7, 11) is 0. The van der Waals surface area contributed by atoms with Crippen LogP contribution in [0.4, 0.5) is 4.39 Å². The molecule has 4 heterocycles. The van der Waals surface area contributed by atoms with Gasteiger partial charge in [0.1, 0.15) is 5.58 Å². The fourth-order valence-electron chi connectivity index (χ4n) is 7.24. The van der Waals surface area contributed by atoms with E-state index in [1.807, 2.05) is 48.5 Å². The summed E-state index contributed by atoms with van der Waals surface area (Å²) in [5.41, 5.74) is 10.1. The van der Waals surface area contributed by atoms with Crippen molar-refractivity contribution in [1.82, 2.24) is 24.7 Å². The van der Waals surface area contributed by atoms with Gasteiger partial charge < -0.3 is 14.0 Å². The minimum atomic E-state index is -2.33. The van der Waals surface area contributed by atoms with Crippen LogP contribution in [0.5, 0.6) is 0 Å². The topological polar surface area (TPSA) is 69.6 Å². The van der Waals surface area contributed by atoms with Crippen molar-refractivity contribution in [3.05, 3.63) is 150 Å². The Hall–Kier alpha value is -5.56. The summed E-state index contributed by atoms with van der Waals surface area (Å²) in [6.45, 7) is 12.8. The van der Waals surface area contributed by atoms with E-state index in [1.54, 1.807) is 12.3 Å². The third-order valence-corrected chi connectivity index (χ3v) is 10.2. The molecule has 0 N–H and O–H groups in total. The maximum atomic E-state index is 14.1. The van der Waals surface area contributed by atoms with Crippen molar-refractivity contribution in [2.24, 2.45) is 0 Å². The van der Waals surface area contributed by atoms with Gasteiger partial charge in [0.05, 0.1) is 22.4 Å². The third kappa shape index (κ3) is 7.40. The normalized spacial score (nSPS) is 12.8. The van der Waals surface area contributed by atoms with E-state index in [9.17, 15) is 4.39 Å². The zero-order valence-electron chi connectivity index (χ0n) is 35.9. The number of fused-ring (bicyclic) bond motifs is 6. The van der Waals surface area contributed by atoms with Gasteiger partial charge in [0.2, 0.25) is 0 Å². The van der Waals surface area contributed by atoms with Gasteiger partial charge in [-0.25, -0.2) is 0 Å². The van der Waals surface area contributed by atoms with Crippen LogP contribution in [-0.2, 0) is 25.5 Å². The van der Waals surface area contributed by atoms with E-state index in [0.29, 0.717) is 23.2 Å². The number of hydrogen-bond donors (Lipinski definition) is 0. The fourth-order valence-corrected chi connectivity index (χ4v) is 7.24. The first-order valence-corrected chi connectivity index (χ1v) is 18.9. The molecular weight excluding hydrogens is 886 g/mol. The second-order valence-electron chi connectivity index (χ2n) is 15.7. The van der Waals surface area contributed by atoms with Crippen LogP contribution in [0.2, 0.25) is 0 Å². The number of aryl methyl sites for hydroxylation is 1. The minimum absolute atomic E-state index is 0. The quantitative estimate of drug-likeness (QED) is 0.161. The summed E-state index contributed by atoms with van der Waals surface area (Å²) < 4.78 is 44.6. The first-order chi connectivity index (χ1) is 28.1. The molecule has 9 aromatic rings. The predicted octanol–water partition coefficient (Wildman–Crippen LogP) is 12.9. The summed E-state index contributed by atoms with van der Waals surface area (Å²) in [6.07, 6.45) is 1.71. The molecule has 57 heavy (non-hydrogen) atoms. The van der Waals surface area contributed by atoms with Crippen molar-refractivity contribution in [3.63, 3.8) is 0 Å². The van der Waals surface area contributed by atoms with Crippen LogP contribution in [0.15, 0.2) is 114 Å². The molecule has 9 rings (SSSR count). The maximum Gasteiger partial charge on any atom is 0.191 e. The molecule has 5 aromatic carbocycles. The van der Waals surface area contributed by atoms with Crippen LogP contribution in [0, 0.1) is 24.8 Å². The van der Waals surface area contributed by atoms with Gasteiger partial charge in [-0.15, -0.1) is 52.2 Å². The van der Waals surface area contributed by atoms with Crippen molar-refractivity contribution < 1.29 is 33.0 Å². The van der Waals surface area contributed by atoms with Crippen LogP contribution in [0.3, 0.4) is 0 Å². The average molecular weight is 933 g/mol. The smallest absolute Gasteiger partial charge is 0.191 e. The average Bonchev–Trinajstić information content (AvgIpc) is 3.79. The van der Waals surface area contributed by atoms with Crippen LogP contribution in [0.25, 0.3) is 72.3 Å². The second-order valence-corrected chi connectivity index (χ2v) is 15.7. The van der Waals surface area contributed by atoms with E-state index in [-0.39, 0.29) is 36.6 Å². The summed E-state index contributed by atoms with van der Waals surface area (Å²) in [6, 6.07) is 39.0. The van der Waals surface area contributed by atoms with Crippen molar-refractivity contribution in [1.29, 1.82) is 0 Å². The number of para-hydroxylation sites is 2. The molecule has 0 saturated carbocycles. The molecule has 0 aliphatic rings. The number of benzene rings is 5. The van der Waals surface area contributed by atoms with E-state index in [0.717, 1.165) is 67.1 Å². The van der Waals surface area contributed by atoms with Crippen LogP contribution in [-0.4, -0.2) is 24.7 Å². The number of imidazole rings is 1. The molecule has 0 fully saturated rings. The fraction of sp³-hybridized carbons (Fsp3) is 0.224. The van der Waals surface area contributed by atoms with E-state index >= 15 is 0 Å². The summed E-state index contributed by atoms with van der Waals surface area (Å²) in [5, 5.41) is 12.2. The number of nitrogens with zero attached hydrogens (tertiary/aromatic N) is 5. The van der Waals surface area contributed by atoms with Gasteiger partial charge in [-0.1, -0.05) is 139 Å². The molecule has 289 valence electrons. The molecule has 0 spiro atoms. The van der Waals surface area contributed by atoms with Crippen molar-refractivity contribution in [2.75, 3.05) is 0 Å². The molecule has 6 nitrogen and oxygen atoms in total. The first-order valence-electron chi connectivity index (χ1n) is 20.4. The molecular formula is C49H44FIrN5O-2. The van der Waals surface area contributed by atoms with E-state index in [2.05, 4.69) is 117 Å².